The molecule has 0 bridgehead atoms. The largest absolute Gasteiger partial charge is 0.497 e. The van der Waals surface area contributed by atoms with Gasteiger partial charge in [0.05, 0.1) is 53.4 Å². The molecule has 0 spiro atoms. The Kier molecular flexibility index (Phi) is 7.03. The van der Waals surface area contributed by atoms with Crippen molar-refractivity contribution in [2.45, 2.75) is 25.9 Å². The topological polar surface area (TPSA) is 51.5 Å². The molecule has 5 rings (SSSR count). The highest BCUT2D eigenvalue weighted by atomic mass is 35.5. The van der Waals surface area contributed by atoms with Crippen LogP contribution < -0.4 is 19.7 Å². The van der Waals surface area contributed by atoms with Crippen molar-refractivity contribution < 1.29 is 9.47 Å². The zero-order valence-corrected chi connectivity index (χ0v) is 23.2. The highest BCUT2D eigenvalue weighted by Crippen LogP contribution is 2.47. The molecule has 3 heterocycles. The molecule has 1 aliphatic heterocycles. The number of rotatable bonds is 6. The number of aryl methyl sites for hydroxylation is 1. The molecule has 9 heteroatoms. The molecule has 2 aromatic carbocycles. The SMILES string of the molecule is COc1ccc(N2C(=S)N[C@@H](c3ccccn3)[C@H]2c2cc(C)n(-c3cccc(Cl)c3Cl)c2C)c(OC)c1. The lowest BCUT2D eigenvalue weighted by Gasteiger charge is -2.29. The van der Waals surface area contributed by atoms with Crippen LogP contribution in [-0.4, -0.2) is 28.9 Å². The Balaban J connectivity index is 1.72. The van der Waals surface area contributed by atoms with Gasteiger partial charge in [0.2, 0.25) is 0 Å². The van der Waals surface area contributed by atoms with E-state index in [0.29, 0.717) is 26.7 Å². The Labute approximate surface area is 231 Å². The molecule has 2 atom stereocenters. The molecule has 0 unspecified atom stereocenters. The fourth-order valence-corrected chi connectivity index (χ4v) is 5.76. The van der Waals surface area contributed by atoms with Gasteiger partial charge in [-0.15, -0.1) is 0 Å². The maximum atomic E-state index is 6.65. The second kappa shape index (κ2) is 10.2. The van der Waals surface area contributed by atoms with Crippen molar-refractivity contribution in [3.63, 3.8) is 0 Å². The maximum Gasteiger partial charge on any atom is 0.174 e. The van der Waals surface area contributed by atoms with Crippen molar-refractivity contribution in [1.82, 2.24) is 14.9 Å². The van der Waals surface area contributed by atoms with E-state index in [-0.39, 0.29) is 12.1 Å². The zero-order valence-electron chi connectivity index (χ0n) is 20.8. The summed E-state index contributed by atoms with van der Waals surface area (Å²) in [5, 5.41) is 5.11. The quantitative estimate of drug-likeness (QED) is 0.260. The van der Waals surface area contributed by atoms with Crippen LogP contribution in [0.5, 0.6) is 11.5 Å². The summed E-state index contributed by atoms with van der Waals surface area (Å²) in [4.78, 5) is 6.76. The van der Waals surface area contributed by atoms with E-state index in [9.17, 15) is 0 Å². The van der Waals surface area contributed by atoms with Crippen LogP contribution in [0.4, 0.5) is 5.69 Å². The lowest BCUT2D eigenvalue weighted by molar-refractivity contribution is 0.394. The number of nitrogens with zero attached hydrogens (tertiary/aromatic N) is 3. The number of thiocarbonyl (C=S) groups is 1. The number of hydrogen-bond donors (Lipinski definition) is 1. The molecule has 4 aromatic rings. The minimum Gasteiger partial charge on any atom is -0.497 e. The molecule has 2 aromatic heterocycles. The minimum atomic E-state index is -0.220. The van der Waals surface area contributed by atoms with Crippen molar-refractivity contribution in [2.24, 2.45) is 0 Å². The number of pyridine rings is 1. The standard InChI is InChI=1S/C28H26Cl2N4O2S/c1-16-14-19(17(2)33(16)23-10-7-8-20(29)25(23)30)27-26(21-9-5-6-13-31-21)32-28(37)34(27)22-12-11-18(35-3)15-24(22)36-4/h5-15,26-27H,1-4H3,(H,32,37)/t26-,27+/m0/s1. The summed E-state index contributed by atoms with van der Waals surface area (Å²) in [6.45, 7) is 4.14. The molecule has 0 amide bonds. The number of nitrogens with one attached hydrogen (secondary N) is 1. The first-order chi connectivity index (χ1) is 17.8. The summed E-state index contributed by atoms with van der Waals surface area (Å²) in [5.74, 6) is 1.35. The minimum absolute atomic E-state index is 0.204. The van der Waals surface area contributed by atoms with Crippen LogP contribution in [-0.2, 0) is 0 Å². The summed E-state index contributed by atoms with van der Waals surface area (Å²) in [6, 6.07) is 19.0. The monoisotopic (exact) mass is 552 g/mol. The van der Waals surface area contributed by atoms with Crippen molar-refractivity contribution in [3.05, 3.63) is 99.6 Å². The summed E-state index contributed by atoms with van der Waals surface area (Å²) < 4.78 is 13.3. The maximum absolute atomic E-state index is 6.65. The van der Waals surface area contributed by atoms with Gasteiger partial charge in [-0.2, -0.15) is 0 Å². The second-order valence-electron chi connectivity index (χ2n) is 8.77. The molecule has 1 N–H and O–H groups in total. The van der Waals surface area contributed by atoms with Crippen LogP contribution in [0, 0.1) is 13.8 Å². The van der Waals surface area contributed by atoms with Gasteiger partial charge in [-0.25, -0.2) is 0 Å². The van der Waals surface area contributed by atoms with Crippen LogP contribution in [0.15, 0.2) is 66.9 Å². The average molecular weight is 554 g/mol. The smallest absolute Gasteiger partial charge is 0.174 e. The molecular formula is C28H26Cl2N4O2S. The first kappa shape index (κ1) is 25.4. The van der Waals surface area contributed by atoms with Crippen molar-refractivity contribution >= 4 is 46.2 Å². The van der Waals surface area contributed by atoms with Crippen molar-refractivity contribution in [1.29, 1.82) is 0 Å². The molecule has 1 aliphatic rings. The summed E-state index contributed by atoms with van der Waals surface area (Å²) in [6.07, 6.45) is 1.79. The molecule has 37 heavy (non-hydrogen) atoms. The molecule has 1 fully saturated rings. The third kappa shape index (κ3) is 4.41. The third-order valence-corrected chi connectivity index (χ3v) is 7.83. The van der Waals surface area contributed by atoms with E-state index < -0.39 is 0 Å². The van der Waals surface area contributed by atoms with Gasteiger partial charge in [0.25, 0.3) is 0 Å². The normalized spacial score (nSPS) is 17.1. The number of hydrogen-bond acceptors (Lipinski definition) is 4. The Morgan fingerprint density at radius 1 is 0.946 bits per heavy atom. The van der Waals surface area contributed by atoms with Gasteiger partial charge in [0, 0.05) is 23.7 Å². The van der Waals surface area contributed by atoms with Gasteiger partial charge in [-0.3, -0.25) is 4.98 Å². The highest BCUT2D eigenvalue weighted by molar-refractivity contribution is 7.80. The Morgan fingerprint density at radius 3 is 2.46 bits per heavy atom. The first-order valence-electron chi connectivity index (χ1n) is 11.7. The second-order valence-corrected chi connectivity index (χ2v) is 9.94. The van der Waals surface area contributed by atoms with Crippen LogP contribution in [0.25, 0.3) is 5.69 Å². The van der Waals surface area contributed by atoms with Gasteiger partial charge >= 0.3 is 0 Å². The molecule has 0 aliphatic carbocycles. The number of methoxy groups -OCH3 is 2. The van der Waals surface area contributed by atoms with E-state index in [1.54, 1.807) is 26.5 Å². The molecule has 6 nitrogen and oxygen atoms in total. The van der Waals surface area contributed by atoms with E-state index in [0.717, 1.165) is 34.0 Å². The Hall–Kier alpha value is -3.26. The zero-order chi connectivity index (χ0) is 26.3. The summed E-state index contributed by atoms with van der Waals surface area (Å²) in [7, 11) is 3.27. The number of aromatic nitrogens is 2. The van der Waals surface area contributed by atoms with Gasteiger partial charge in [0.15, 0.2) is 5.11 Å². The number of anilines is 1. The van der Waals surface area contributed by atoms with Gasteiger partial charge in [-0.1, -0.05) is 35.3 Å². The first-order valence-corrected chi connectivity index (χ1v) is 12.9. The van der Waals surface area contributed by atoms with Crippen molar-refractivity contribution in [3.8, 4) is 17.2 Å². The van der Waals surface area contributed by atoms with Gasteiger partial charge in [0.1, 0.15) is 11.5 Å². The number of halogens is 2. The summed E-state index contributed by atoms with van der Waals surface area (Å²) >= 11 is 18.9. The fraction of sp³-hybridized carbons (Fsp3) is 0.214. The molecule has 0 saturated carbocycles. The van der Waals surface area contributed by atoms with Crippen molar-refractivity contribution in [2.75, 3.05) is 19.1 Å². The van der Waals surface area contributed by atoms with E-state index in [4.69, 9.17) is 44.9 Å². The Morgan fingerprint density at radius 2 is 1.76 bits per heavy atom. The molecule has 0 radical (unpaired) electrons. The predicted molar refractivity (Wildman–Crippen MR) is 153 cm³/mol. The lowest BCUT2D eigenvalue weighted by Crippen LogP contribution is -2.30. The number of benzene rings is 2. The predicted octanol–water partition coefficient (Wildman–Crippen LogP) is 6.99. The Bertz CT molecular complexity index is 1470. The highest BCUT2D eigenvalue weighted by Gasteiger charge is 2.43. The number of ether oxygens (including phenoxy) is 2. The van der Waals surface area contributed by atoms with Crippen LogP contribution in [0.3, 0.4) is 0 Å². The van der Waals surface area contributed by atoms with Gasteiger partial charge in [-0.05, 0) is 74.1 Å². The van der Waals surface area contributed by atoms with E-state index in [1.165, 1.54) is 0 Å². The third-order valence-electron chi connectivity index (χ3n) is 6.71. The van der Waals surface area contributed by atoms with E-state index in [2.05, 4.69) is 39.7 Å². The molecule has 1 saturated heterocycles. The average Bonchev–Trinajstić information content (AvgIpc) is 3.40. The lowest BCUT2D eigenvalue weighted by atomic mass is 9.96. The van der Waals surface area contributed by atoms with E-state index >= 15 is 0 Å². The van der Waals surface area contributed by atoms with E-state index in [1.807, 2.05) is 48.5 Å². The molecular weight excluding hydrogens is 527 g/mol. The molecule has 190 valence electrons. The van der Waals surface area contributed by atoms with Crippen LogP contribution >= 0.6 is 35.4 Å². The van der Waals surface area contributed by atoms with Crippen LogP contribution in [0.1, 0.15) is 34.7 Å². The summed E-state index contributed by atoms with van der Waals surface area (Å²) in [5.41, 5.74) is 5.67. The van der Waals surface area contributed by atoms with Gasteiger partial charge < -0.3 is 24.3 Å². The van der Waals surface area contributed by atoms with Crippen LogP contribution in [0.2, 0.25) is 10.0 Å². The fourth-order valence-electron chi connectivity index (χ4n) is 5.04.